The fourth-order valence-electron chi connectivity index (χ4n) is 1.50. The Labute approximate surface area is 116 Å². The van der Waals surface area contributed by atoms with E-state index in [0.717, 1.165) is 18.2 Å². The van der Waals surface area contributed by atoms with Crippen LogP contribution in [0, 0.1) is 5.82 Å². The molecule has 0 unspecified atom stereocenters. The second kappa shape index (κ2) is 5.16. The first-order valence-electron chi connectivity index (χ1n) is 5.32. The highest BCUT2D eigenvalue weighted by atomic mass is 35.5. The summed E-state index contributed by atoms with van der Waals surface area (Å²) in [6.45, 7) is 0. The van der Waals surface area contributed by atoms with Crippen LogP contribution in [0.15, 0.2) is 30.3 Å². The Kier molecular flexibility index (Phi) is 3.71. The fourth-order valence-corrected chi connectivity index (χ4v) is 1.68. The molecular weight excluding hydrogens is 298 g/mol. The molecule has 0 bridgehead atoms. The van der Waals surface area contributed by atoms with Gasteiger partial charge < -0.3 is 11.1 Å². The molecule has 0 radical (unpaired) electrons. The second-order valence-corrected chi connectivity index (χ2v) is 4.32. The van der Waals surface area contributed by atoms with Gasteiger partial charge in [0.25, 0.3) is 0 Å². The third-order valence-corrected chi connectivity index (χ3v) is 2.65. The van der Waals surface area contributed by atoms with Crippen LogP contribution in [0.1, 0.15) is 5.56 Å². The zero-order valence-electron chi connectivity index (χ0n) is 9.80. The van der Waals surface area contributed by atoms with Gasteiger partial charge in [0.2, 0.25) is 0 Å². The summed E-state index contributed by atoms with van der Waals surface area (Å²) in [6, 6.07) is 5.16. The Bertz CT molecular complexity index is 643. The van der Waals surface area contributed by atoms with Gasteiger partial charge >= 0.3 is 6.18 Å². The van der Waals surface area contributed by atoms with Gasteiger partial charge in [-0.05, 0) is 30.3 Å². The molecule has 0 aliphatic rings. The lowest BCUT2D eigenvalue weighted by Gasteiger charge is -2.11. The summed E-state index contributed by atoms with van der Waals surface area (Å²) in [7, 11) is 0. The smallest absolute Gasteiger partial charge is 0.384 e. The second-order valence-electron chi connectivity index (χ2n) is 3.92. The van der Waals surface area contributed by atoms with E-state index in [9.17, 15) is 17.6 Å². The lowest BCUT2D eigenvalue weighted by atomic mass is 10.2. The third kappa shape index (κ3) is 3.30. The molecule has 0 saturated heterocycles. The predicted octanol–water partition coefficient (Wildman–Crippen LogP) is 4.22. The predicted molar refractivity (Wildman–Crippen MR) is 68.3 cm³/mol. The molecular formula is C12H8ClF4N3. The maximum absolute atomic E-state index is 13.0. The maximum atomic E-state index is 13.0. The molecule has 0 spiro atoms. The first-order chi connectivity index (χ1) is 9.25. The molecule has 1 aromatic heterocycles. The van der Waals surface area contributed by atoms with Crippen LogP contribution in [0.5, 0.6) is 0 Å². The summed E-state index contributed by atoms with van der Waals surface area (Å²) < 4.78 is 50.8. The molecule has 0 amide bonds. The monoisotopic (exact) mass is 305 g/mol. The molecule has 0 atom stereocenters. The van der Waals surface area contributed by atoms with Crippen molar-refractivity contribution in [1.82, 2.24) is 4.98 Å². The Balaban J connectivity index is 2.33. The number of halogens is 5. The number of nitrogens with one attached hydrogen (secondary N) is 1. The average molecular weight is 306 g/mol. The zero-order chi connectivity index (χ0) is 14.9. The average Bonchev–Trinajstić information content (AvgIpc) is 2.32. The minimum atomic E-state index is -4.53. The Morgan fingerprint density at radius 2 is 1.85 bits per heavy atom. The van der Waals surface area contributed by atoms with Crippen LogP contribution in [-0.4, -0.2) is 4.98 Å². The first kappa shape index (κ1) is 14.4. The highest BCUT2D eigenvalue weighted by Crippen LogP contribution is 2.32. The van der Waals surface area contributed by atoms with Crippen LogP contribution < -0.4 is 11.1 Å². The number of nitrogens with two attached hydrogens (primary N) is 1. The minimum Gasteiger partial charge on any atom is -0.384 e. The number of rotatable bonds is 2. The number of alkyl halides is 3. The highest BCUT2D eigenvalue weighted by molar-refractivity contribution is 6.31. The quantitative estimate of drug-likeness (QED) is 0.817. The number of aromatic nitrogens is 1. The SMILES string of the molecule is Nc1cc(C(F)(F)F)cc(Nc2ccc(F)c(Cl)c2)n1. The number of hydrogen-bond donors (Lipinski definition) is 2. The minimum absolute atomic E-state index is 0.111. The number of pyridine rings is 1. The van der Waals surface area contributed by atoms with Crippen LogP contribution in [0.2, 0.25) is 5.02 Å². The topological polar surface area (TPSA) is 50.9 Å². The summed E-state index contributed by atoms with van der Waals surface area (Å²) in [5.41, 5.74) is 4.69. The molecule has 0 aliphatic carbocycles. The molecule has 1 aromatic carbocycles. The van der Waals surface area contributed by atoms with Gasteiger partial charge in [0, 0.05) is 5.69 Å². The van der Waals surface area contributed by atoms with Crippen LogP contribution in [0.25, 0.3) is 0 Å². The van der Waals surface area contributed by atoms with Crippen molar-refractivity contribution >= 4 is 28.9 Å². The third-order valence-electron chi connectivity index (χ3n) is 2.36. The van der Waals surface area contributed by atoms with Crippen molar-refractivity contribution in [2.24, 2.45) is 0 Å². The summed E-state index contributed by atoms with van der Waals surface area (Å²) in [6.07, 6.45) is -4.53. The molecule has 8 heteroatoms. The van der Waals surface area contributed by atoms with Gasteiger partial charge in [-0.3, -0.25) is 0 Å². The van der Waals surface area contributed by atoms with Crippen LogP contribution in [0.3, 0.4) is 0 Å². The Morgan fingerprint density at radius 1 is 1.15 bits per heavy atom. The molecule has 20 heavy (non-hydrogen) atoms. The first-order valence-corrected chi connectivity index (χ1v) is 5.70. The van der Waals surface area contributed by atoms with Crippen LogP contribution >= 0.6 is 11.6 Å². The lowest BCUT2D eigenvalue weighted by Crippen LogP contribution is -2.08. The van der Waals surface area contributed by atoms with Gasteiger partial charge in [-0.1, -0.05) is 11.6 Å². The van der Waals surface area contributed by atoms with E-state index in [4.69, 9.17) is 17.3 Å². The number of nitrogen functional groups attached to an aromatic ring is 1. The standard InChI is InChI=1S/C12H8ClF4N3/c13-8-5-7(1-2-9(8)14)19-11-4-6(12(15,16)17)3-10(18)20-11/h1-5H,(H3,18,19,20). The molecule has 0 aliphatic heterocycles. The van der Waals surface area contributed by atoms with E-state index in [2.05, 4.69) is 10.3 Å². The zero-order valence-corrected chi connectivity index (χ0v) is 10.6. The summed E-state index contributed by atoms with van der Waals surface area (Å²) in [5, 5.41) is 2.43. The van der Waals surface area contributed by atoms with E-state index < -0.39 is 17.6 Å². The Hall–Kier alpha value is -2.02. The van der Waals surface area contributed by atoms with Crippen molar-refractivity contribution in [3.05, 3.63) is 46.7 Å². The lowest BCUT2D eigenvalue weighted by molar-refractivity contribution is -0.137. The maximum Gasteiger partial charge on any atom is 0.416 e. The number of nitrogens with zero attached hydrogens (tertiary/aromatic N) is 1. The van der Waals surface area contributed by atoms with Gasteiger partial charge in [0.05, 0.1) is 10.6 Å². The van der Waals surface area contributed by atoms with Crippen molar-refractivity contribution in [3.63, 3.8) is 0 Å². The largest absolute Gasteiger partial charge is 0.416 e. The van der Waals surface area contributed by atoms with Gasteiger partial charge in [-0.2, -0.15) is 13.2 Å². The summed E-state index contributed by atoms with van der Waals surface area (Å²) in [4.78, 5) is 3.72. The van der Waals surface area contributed by atoms with E-state index in [1.807, 2.05) is 0 Å². The molecule has 2 rings (SSSR count). The van der Waals surface area contributed by atoms with E-state index in [-0.39, 0.29) is 16.7 Å². The molecule has 1 heterocycles. The highest BCUT2D eigenvalue weighted by Gasteiger charge is 2.31. The van der Waals surface area contributed by atoms with Crippen molar-refractivity contribution in [1.29, 1.82) is 0 Å². The van der Waals surface area contributed by atoms with Gasteiger partial charge in [-0.15, -0.1) is 0 Å². The van der Waals surface area contributed by atoms with Crippen molar-refractivity contribution in [2.45, 2.75) is 6.18 Å². The molecule has 3 nitrogen and oxygen atoms in total. The molecule has 3 N–H and O–H groups in total. The number of anilines is 3. The number of benzene rings is 1. The van der Waals surface area contributed by atoms with E-state index >= 15 is 0 Å². The van der Waals surface area contributed by atoms with Gasteiger partial charge in [0.15, 0.2) is 0 Å². The van der Waals surface area contributed by atoms with E-state index in [1.165, 1.54) is 12.1 Å². The van der Waals surface area contributed by atoms with Gasteiger partial charge in [-0.25, -0.2) is 9.37 Å². The fraction of sp³-hybridized carbons (Fsp3) is 0.0833. The van der Waals surface area contributed by atoms with Crippen molar-refractivity contribution in [3.8, 4) is 0 Å². The molecule has 0 fully saturated rings. The normalized spacial score (nSPS) is 11.4. The molecule has 0 saturated carbocycles. The summed E-state index contributed by atoms with van der Waals surface area (Å²) >= 11 is 5.58. The van der Waals surface area contributed by atoms with Crippen molar-refractivity contribution in [2.75, 3.05) is 11.1 Å². The van der Waals surface area contributed by atoms with E-state index in [1.54, 1.807) is 0 Å². The van der Waals surface area contributed by atoms with Crippen molar-refractivity contribution < 1.29 is 17.6 Å². The van der Waals surface area contributed by atoms with E-state index in [0.29, 0.717) is 5.69 Å². The summed E-state index contributed by atoms with van der Waals surface area (Å²) in [5.74, 6) is -1.02. The van der Waals surface area contributed by atoms with Crippen LogP contribution in [0.4, 0.5) is 34.9 Å². The van der Waals surface area contributed by atoms with Gasteiger partial charge in [0.1, 0.15) is 17.5 Å². The number of hydrogen-bond acceptors (Lipinski definition) is 3. The Morgan fingerprint density at radius 3 is 2.45 bits per heavy atom. The molecule has 106 valence electrons. The molecule has 2 aromatic rings. The van der Waals surface area contributed by atoms with Crippen LogP contribution in [-0.2, 0) is 6.18 Å².